The van der Waals surface area contributed by atoms with E-state index < -0.39 is 32.5 Å². The average Bonchev–Trinajstić information content (AvgIpc) is 3.02. The Hall–Kier alpha value is 0.0500. The molecule has 0 aliphatic heterocycles. The van der Waals surface area contributed by atoms with Crippen LogP contribution in [-0.2, 0) is 28.2 Å². The van der Waals surface area contributed by atoms with E-state index in [0.717, 1.165) is 38.5 Å². The molecular weight excluding hydrogens is 626 g/mol. The summed E-state index contributed by atoms with van der Waals surface area (Å²) in [6.45, 7) is 3.60. The Bertz CT molecular complexity index is 733. The fraction of sp³-hybridized carbons (Fsp3) is 0.946. The van der Waals surface area contributed by atoms with Crippen LogP contribution in [0.25, 0.3) is 0 Å². The van der Waals surface area contributed by atoms with Gasteiger partial charge in [-0.25, -0.2) is 0 Å². The first-order chi connectivity index (χ1) is 22.3. The largest absolute Gasteiger partial charge is 1.00 e. The van der Waals surface area contributed by atoms with Gasteiger partial charge in [0.05, 0.1) is 6.61 Å². The number of ether oxygens (including phenoxy) is 2. The molecule has 0 bridgehead atoms. The van der Waals surface area contributed by atoms with Gasteiger partial charge in [0.25, 0.3) is 7.82 Å². The van der Waals surface area contributed by atoms with Crippen LogP contribution >= 0.6 is 7.82 Å². The number of hydrogen-bond acceptors (Lipinski definition) is 7. The number of unbranched alkanes of at least 4 members (excludes halogenated alkanes) is 26. The summed E-state index contributed by atoms with van der Waals surface area (Å²) in [5, 5.41) is 0. The average molecular weight is 699 g/mol. The van der Waals surface area contributed by atoms with Crippen LogP contribution < -0.4 is 34.5 Å². The molecule has 0 radical (unpaired) electrons. The summed E-state index contributed by atoms with van der Waals surface area (Å²) in [5.41, 5.74) is 0. The molecule has 274 valence electrons. The van der Waals surface area contributed by atoms with Gasteiger partial charge in [0.1, 0.15) is 6.61 Å². The molecule has 0 heterocycles. The van der Waals surface area contributed by atoms with E-state index in [9.17, 15) is 19.0 Å². The fourth-order valence-corrected chi connectivity index (χ4v) is 6.08. The minimum absolute atomic E-state index is 0. The zero-order valence-electron chi connectivity index (χ0n) is 31.0. The molecule has 0 amide bonds. The Morgan fingerprint density at radius 3 is 1.15 bits per heavy atom. The van der Waals surface area contributed by atoms with E-state index in [2.05, 4.69) is 18.4 Å². The molecule has 8 nitrogen and oxygen atoms in total. The Kier molecular flexibility index (Phi) is 39.0. The molecule has 0 saturated carbocycles. The van der Waals surface area contributed by atoms with Crippen LogP contribution in [0.4, 0.5) is 0 Å². The maximum atomic E-state index is 12.3. The van der Waals surface area contributed by atoms with Crippen molar-refractivity contribution >= 4 is 19.8 Å². The van der Waals surface area contributed by atoms with Crippen LogP contribution in [0.15, 0.2) is 0 Å². The first-order valence-corrected chi connectivity index (χ1v) is 20.8. The van der Waals surface area contributed by atoms with Crippen molar-refractivity contribution in [3.8, 4) is 0 Å². The number of rotatable bonds is 36. The van der Waals surface area contributed by atoms with E-state index in [4.69, 9.17) is 14.4 Å². The molecule has 0 rings (SSSR count). The second-order valence-corrected chi connectivity index (χ2v) is 14.4. The molecule has 1 N–H and O–H groups in total. The molecule has 0 aromatic carbocycles. The van der Waals surface area contributed by atoms with Crippen molar-refractivity contribution in [3.63, 3.8) is 0 Å². The Morgan fingerprint density at radius 2 is 0.830 bits per heavy atom. The summed E-state index contributed by atoms with van der Waals surface area (Å²) in [6, 6.07) is 0. The molecule has 10 heteroatoms. The van der Waals surface area contributed by atoms with Crippen LogP contribution in [0.1, 0.15) is 206 Å². The Labute approximate surface area is 311 Å². The fourth-order valence-electron chi connectivity index (χ4n) is 5.72. The van der Waals surface area contributed by atoms with Crippen molar-refractivity contribution in [2.75, 3.05) is 13.2 Å². The van der Waals surface area contributed by atoms with Crippen LogP contribution in [0.5, 0.6) is 0 Å². The molecule has 2 atom stereocenters. The van der Waals surface area contributed by atoms with E-state index in [0.29, 0.717) is 6.42 Å². The van der Waals surface area contributed by atoms with Crippen molar-refractivity contribution in [1.82, 2.24) is 0 Å². The van der Waals surface area contributed by atoms with E-state index >= 15 is 0 Å². The first kappa shape index (κ1) is 49.2. The van der Waals surface area contributed by atoms with Crippen molar-refractivity contribution in [1.29, 1.82) is 0 Å². The Morgan fingerprint density at radius 1 is 0.532 bits per heavy atom. The standard InChI is InChI=1S/C37H73O8P.Na/c1-3-5-7-9-11-13-15-17-18-20-21-23-25-27-29-31-36(38)43-33-35(34-44-46(40,41)42)45-37(39)32-30-28-26-24-22-19-16-14-12-10-8-6-4-2;/h35H,3-34H2,1-2H3,(H2,40,41,42);/q;+1/p-1/t35-;/m1./s1. The summed E-state index contributed by atoms with van der Waals surface area (Å²) in [4.78, 5) is 44.5. The number of carbonyl (C=O) groups is 2. The van der Waals surface area contributed by atoms with Gasteiger partial charge in [-0.05, 0) is 12.8 Å². The minimum Gasteiger partial charge on any atom is -0.756 e. The van der Waals surface area contributed by atoms with Gasteiger partial charge in [-0.15, -0.1) is 0 Å². The smallest absolute Gasteiger partial charge is 0.756 e. The van der Waals surface area contributed by atoms with Gasteiger partial charge in [-0.2, -0.15) is 0 Å². The maximum absolute atomic E-state index is 12.3. The summed E-state index contributed by atoms with van der Waals surface area (Å²) in [5.74, 6) is -0.907. The van der Waals surface area contributed by atoms with Gasteiger partial charge in [-0.1, -0.05) is 181 Å². The second-order valence-electron chi connectivity index (χ2n) is 13.3. The minimum atomic E-state index is -4.99. The normalized spacial score (nSPS) is 13.1. The zero-order valence-corrected chi connectivity index (χ0v) is 33.9. The van der Waals surface area contributed by atoms with Gasteiger partial charge in [-0.3, -0.25) is 14.2 Å². The van der Waals surface area contributed by atoms with Crippen molar-refractivity contribution < 1.29 is 67.5 Å². The van der Waals surface area contributed by atoms with Crippen molar-refractivity contribution in [2.24, 2.45) is 0 Å². The van der Waals surface area contributed by atoms with Gasteiger partial charge in [0.2, 0.25) is 0 Å². The summed E-state index contributed by atoms with van der Waals surface area (Å²) < 4.78 is 26.0. The number of carbonyl (C=O) groups excluding carboxylic acids is 2. The summed E-state index contributed by atoms with van der Waals surface area (Å²) >= 11 is 0. The number of esters is 2. The van der Waals surface area contributed by atoms with Gasteiger partial charge in [0, 0.05) is 12.8 Å². The van der Waals surface area contributed by atoms with E-state index in [-0.39, 0.29) is 49.0 Å². The topological polar surface area (TPSA) is 122 Å². The van der Waals surface area contributed by atoms with Gasteiger partial charge < -0.3 is 23.8 Å². The first-order valence-electron chi connectivity index (χ1n) is 19.3. The number of phosphoric ester groups is 1. The summed E-state index contributed by atoms with van der Waals surface area (Å²) in [7, 11) is -4.99. The summed E-state index contributed by atoms with van der Waals surface area (Å²) in [6.07, 6.45) is 33.7. The van der Waals surface area contributed by atoms with Crippen LogP contribution in [0.3, 0.4) is 0 Å². The quantitative estimate of drug-likeness (QED) is 0.0306. The molecular formula is C37H72NaO8P. The molecule has 0 aromatic heterocycles. The number of hydrogen-bond donors (Lipinski definition) is 1. The van der Waals surface area contributed by atoms with E-state index in [1.807, 2.05) is 0 Å². The third-order valence-corrected chi connectivity index (χ3v) is 9.10. The SMILES string of the molecule is CCCCCCCCCCCCCCCCCC(=O)OC[C@H](COP(=O)([O-])O)OC(=O)CCCCCCCCCCCCCCC.[Na+]. The van der Waals surface area contributed by atoms with Gasteiger partial charge >= 0.3 is 41.5 Å². The molecule has 1 unspecified atom stereocenters. The van der Waals surface area contributed by atoms with E-state index in [1.165, 1.54) is 135 Å². The van der Waals surface area contributed by atoms with Crippen LogP contribution in [0.2, 0.25) is 0 Å². The molecule has 0 aliphatic rings. The van der Waals surface area contributed by atoms with E-state index in [1.54, 1.807) is 0 Å². The molecule has 0 saturated heterocycles. The molecule has 0 spiro atoms. The van der Waals surface area contributed by atoms with Crippen molar-refractivity contribution in [2.45, 2.75) is 213 Å². The monoisotopic (exact) mass is 698 g/mol. The zero-order chi connectivity index (χ0) is 34.0. The van der Waals surface area contributed by atoms with Crippen molar-refractivity contribution in [3.05, 3.63) is 0 Å². The number of phosphoric acid groups is 1. The molecule has 0 fully saturated rings. The third kappa shape index (κ3) is 40.4. The molecule has 0 aliphatic carbocycles. The van der Waals surface area contributed by atoms with Gasteiger partial charge in [0.15, 0.2) is 6.10 Å². The predicted octanol–water partition coefficient (Wildman–Crippen LogP) is 7.67. The predicted molar refractivity (Wildman–Crippen MR) is 186 cm³/mol. The van der Waals surface area contributed by atoms with Crippen LogP contribution in [-0.4, -0.2) is 36.1 Å². The second kappa shape index (κ2) is 37.3. The maximum Gasteiger partial charge on any atom is 1.00 e. The third-order valence-electron chi connectivity index (χ3n) is 8.62. The molecule has 47 heavy (non-hydrogen) atoms. The Balaban J connectivity index is 0. The molecule has 0 aromatic rings. The van der Waals surface area contributed by atoms with Crippen LogP contribution in [0, 0.1) is 0 Å².